The highest BCUT2D eigenvalue weighted by Gasteiger charge is 2.53. The molecule has 0 radical (unpaired) electrons. The fourth-order valence-electron chi connectivity index (χ4n) is 4.02. The normalized spacial score (nSPS) is 25.6. The molecule has 0 spiro atoms. The van der Waals surface area contributed by atoms with E-state index in [1.165, 1.54) is 5.56 Å². The van der Waals surface area contributed by atoms with Gasteiger partial charge in [-0.25, -0.2) is 0 Å². The van der Waals surface area contributed by atoms with Crippen molar-refractivity contribution in [2.24, 2.45) is 29.6 Å². The van der Waals surface area contributed by atoms with Crippen LogP contribution in [0.15, 0.2) is 30.3 Å². The lowest BCUT2D eigenvalue weighted by Gasteiger charge is -2.43. The van der Waals surface area contributed by atoms with Crippen molar-refractivity contribution in [2.45, 2.75) is 47.0 Å². The van der Waals surface area contributed by atoms with Crippen LogP contribution in [0.1, 0.15) is 47.1 Å². The molecule has 1 aliphatic rings. The SMILES string of the molecule is CC(C)C1C(=O)OC(=O)C1C(C)C(C)(c1ccccc1)C(C)C. The molecular weight excluding hydrogens is 288 g/mol. The van der Waals surface area contributed by atoms with Gasteiger partial charge in [0.1, 0.15) is 0 Å². The molecule has 23 heavy (non-hydrogen) atoms. The molecule has 1 heterocycles. The van der Waals surface area contributed by atoms with Gasteiger partial charge >= 0.3 is 11.9 Å². The number of benzene rings is 1. The van der Waals surface area contributed by atoms with Gasteiger partial charge in [0.15, 0.2) is 0 Å². The molecule has 0 N–H and O–H groups in total. The van der Waals surface area contributed by atoms with Gasteiger partial charge in [0, 0.05) is 0 Å². The molecule has 1 aromatic carbocycles. The quantitative estimate of drug-likeness (QED) is 0.604. The van der Waals surface area contributed by atoms with Crippen molar-refractivity contribution in [1.82, 2.24) is 0 Å². The molecule has 4 unspecified atom stereocenters. The molecule has 1 aromatic rings. The predicted molar refractivity (Wildman–Crippen MR) is 90.7 cm³/mol. The summed E-state index contributed by atoms with van der Waals surface area (Å²) in [6.07, 6.45) is 0. The fourth-order valence-corrected chi connectivity index (χ4v) is 4.02. The first-order chi connectivity index (χ1) is 10.7. The third-order valence-electron chi connectivity index (χ3n) is 5.93. The molecule has 0 bridgehead atoms. The van der Waals surface area contributed by atoms with Gasteiger partial charge in [-0.05, 0) is 28.7 Å². The second kappa shape index (κ2) is 6.46. The van der Waals surface area contributed by atoms with Crippen molar-refractivity contribution in [1.29, 1.82) is 0 Å². The Kier molecular flexibility index (Phi) is 4.98. The van der Waals surface area contributed by atoms with Crippen LogP contribution in [0.25, 0.3) is 0 Å². The Bertz CT molecular complexity index is 576. The molecule has 1 saturated heterocycles. The summed E-state index contributed by atoms with van der Waals surface area (Å²) in [5.41, 5.74) is 1.00. The minimum atomic E-state index is -0.380. The van der Waals surface area contributed by atoms with E-state index in [1.807, 2.05) is 32.0 Å². The van der Waals surface area contributed by atoms with Crippen LogP contribution < -0.4 is 0 Å². The lowest BCUT2D eigenvalue weighted by Crippen LogP contribution is -2.44. The maximum Gasteiger partial charge on any atom is 0.317 e. The van der Waals surface area contributed by atoms with E-state index < -0.39 is 0 Å². The van der Waals surface area contributed by atoms with E-state index in [0.29, 0.717) is 5.92 Å². The maximum atomic E-state index is 12.4. The van der Waals surface area contributed by atoms with Crippen molar-refractivity contribution in [2.75, 3.05) is 0 Å². The summed E-state index contributed by atoms with van der Waals surface area (Å²) in [5, 5.41) is 0. The smallest absolute Gasteiger partial charge is 0.317 e. The molecule has 3 heteroatoms. The number of hydrogen-bond acceptors (Lipinski definition) is 3. The summed E-state index contributed by atoms with van der Waals surface area (Å²) >= 11 is 0. The Hall–Kier alpha value is -1.64. The third kappa shape index (κ3) is 2.93. The van der Waals surface area contributed by atoms with Gasteiger partial charge in [-0.15, -0.1) is 0 Å². The molecule has 0 aliphatic carbocycles. The topological polar surface area (TPSA) is 43.4 Å². The average molecular weight is 316 g/mol. The van der Waals surface area contributed by atoms with Gasteiger partial charge in [-0.3, -0.25) is 9.59 Å². The molecule has 0 aromatic heterocycles. The summed E-state index contributed by atoms with van der Waals surface area (Å²) < 4.78 is 5.00. The molecule has 3 nitrogen and oxygen atoms in total. The van der Waals surface area contributed by atoms with E-state index in [-0.39, 0.29) is 41.0 Å². The molecule has 4 atom stereocenters. The zero-order valence-electron chi connectivity index (χ0n) is 15.0. The first-order valence-electron chi connectivity index (χ1n) is 8.52. The Labute approximate surface area is 139 Å². The Balaban J connectivity index is 2.48. The summed E-state index contributed by atoms with van der Waals surface area (Å²) in [4.78, 5) is 24.5. The molecule has 2 rings (SSSR count). The Morgan fingerprint density at radius 2 is 1.43 bits per heavy atom. The highest BCUT2D eigenvalue weighted by Crippen LogP contribution is 2.47. The van der Waals surface area contributed by atoms with Gasteiger partial charge in [0.05, 0.1) is 11.8 Å². The number of hydrogen-bond donors (Lipinski definition) is 0. The van der Waals surface area contributed by atoms with Crippen LogP contribution in [0.5, 0.6) is 0 Å². The van der Waals surface area contributed by atoms with E-state index in [0.717, 1.165) is 0 Å². The van der Waals surface area contributed by atoms with Crippen molar-refractivity contribution in [3.05, 3.63) is 35.9 Å². The first-order valence-corrected chi connectivity index (χ1v) is 8.52. The van der Waals surface area contributed by atoms with Gasteiger partial charge in [0.25, 0.3) is 0 Å². The van der Waals surface area contributed by atoms with Crippen molar-refractivity contribution in [3.63, 3.8) is 0 Å². The third-order valence-corrected chi connectivity index (χ3v) is 5.93. The van der Waals surface area contributed by atoms with Crippen LogP contribution >= 0.6 is 0 Å². The van der Waals surface area contributed by atoms with Crippen LogP contribution in [0.4, 0.5) is 0 Å². The Morgan fingerprint density at radius 3 is 1.91 bits per heavy atom. The van der Waals surface area contributed by atoms with Crippen LogP contribution in [-0.2, 0) is 19.7 Å². The predicted octanol–water partition coefficient (Wildman–Crippen LogP) is 4.21. The maximum absolute atomic E-state index is 12.4. The molecule has 126 valence electrons. The van der Waals surface area contributed by atoms with Crippen molar-refractivity contribution >= 4 is 11.9 Å². The highest BCUT2D eigenvalue weighted by molar-refractivity contribution is 5.96. The van der Waals surface area contributed by atoms with E-state index in [9.17, 15) is 9.59 Å². The number of carbonyl (C=O) groups excluding carboxylic acids is 2. The van der Waals surface area contributed by atoms with E-state index in [4.69, 9.17) is 4.74 Å². The van der Waals surface area contributed by atoms with Gasteiger partial charge in [-0.1, -0.05) is 71.9 Å². The molecule has 0 amide bonds. The first kappa shape index (κ1) is 17.7. The number of esters is 2. The molecule has 1 aliphatic heterocycles. The summed E-state index contributed by atoms with van der Waals surface area (Å²) in [7, 11) is 0. The van der Waals surface area contributed by atoms with Crippen LogP contribution in [0, 0.1) is 29.6 Å². The second-order valence-corrected chi connectivity index (χ2v) is 7.63. The number of carbonyl (C=O) groups is 2. The van der Waals surface area contributed by atoms with Crippen LogP contribution in [-0.4, -0.2) is 11.9 Å². The van der Waals surface area contributed by atoms with Crippen molar-refractivity contribution < 1.29 is 14.3 Å². The minimum Gasteiger partial charge on any atom is -0.393 e. The summed E-state index contributed by atoms with van der Waals surface area (Å²) in [6.45, 7) is 12.6. The summed E-state index contributed by atoms with van der Waals surface area (Å²) in [6, 6.07) is 10.3. The zero-order valence-corrected chi connectivity index (χ0v) is 15.0. The van der Waals surface area contributed by atoms with Crippen LogP contribution in [0.3, 0.4) is 0 Å². The highest BCUT2D eigenvalue weighted by atomic mass is 16.6. The lowest BCUT2D eigenvalue weighted by atomic mass is 9.59. The molecule has 1 fully saturated rings. The standard InChI is InChI=1S/C20H28O3/c1-12(2)16-17(19(22)23-18(16)21)14(5)20(6,13(3)4)15-10-8-7-9-11-15/h7-14,16-17H,1-6H3. The fraction of sp³-hybridized carbons (Fsp3) is 0.600. The number of cyclic esters (lactones) is 2. The van der Waals surface area contributed by atoms with Gasteiger partial charge < -0.3 is 4.74 Å². The van der Waals surface area contributed by atoms with E-state index in [2.05, 4.69) is 39.8 Å². The van der Waals surface area contributed by atoms with Crippen molar-refractivity contribution in [3.8, 4) is 0 Å². The second-order valence-electron chi connectivity index (χ2n) is 7.63. The number of rotatable bonds is 5. The minimum absolute atomic E-state index is 0.0104. The van der Waals surface area contributed by atoms with Crippen LogP contribution in [0.2, 0.25) is 0 Å². The van der Waals surface area contributed by atoms with Gasteiger partial charge in [-0.2, -0.15) is 0 Å². The number of ether oxygens (including phenoxy) is 1. The Morgan fingerprint density at radius 1 is 0.913 bits per heavy atom. The monoisotopic (exact) mass is 316 g/mol. The largest absolute Gasteiger partial charge is 0.393 e. The van der Waals surface area contributed by atoms with E-state index in [1.54, 1.807) is 0 Å². The van der Waals surface area contributed by atoms with E-state index >= 15 is 0 Å². The molecule has 0 saturated carbocycles. The lowest BCUT2D eigenvalue weighted by molar-refractivity contribution is -0.154. The molecular formula is C20H28O3. The zero-order chi connectivity index (χ0) is 17.4. The summed E-state index contributed by atoms with van der Waals surface area (Å²) in [5.74, 6) is -1.01. The van der Waals surface area contributed by atoms with Gasteiger partial charge in [0.2, 0.25) is 0 Å². The average Bonchev–Trinajstić information content (AvgIpc) is 2.80.